The second-order valence-corrected chi connectivity index (χ2v) is 3.22. The van der Waals surface area contributed by atoms with Gasteiger partial charge in [0.05, 0.1) is 6.61 Å². The van der Waals surface area contributed by atoms with Gasteiger partial charge in [-0.3, -0.25) is 0 Å². The summed E-state index contributed by atoms with van der Waals surface area (Å²) in [5.41, 5.74) is 0.0874. The number of aromatic nitrogens is 1. The van der Waals surface area contributed by atoms with Crippen molar-refractivity contribution in [3.8, 4) is 0 Å². The zero-order valence-electron chi connectivity index (χ0n) is 8.51. The number of esters is 1. The van der Waals surface area contributed by atoms with Crippen molar-refractivity contribution >= 4 is 16.9 Å². The molecule has 2 rings (SSSR count). The van der Waals surface area contributed by atoms with Gasteiger partial charge in [0.25, 0.3) is 0 Å². The van der Waals surface area contributed by atoms with Crippen molar-refractivity contribution in [3.05, 3.63) is 35.5 Å². The fourth-order valence-corrected chi connectivity index (χ4v) is 1.48. The molecule has 0 atom stereocenters. The van der Waals surface area contributed by atoms with Gasteiger partial charge in [0, 0.05) is 10.9 Å². The largest absolute Gasteiger partial charge is 0.461 e. The highest BCUT2D eigenvalue weighted by molar-refractivity contribution is 5.95. The lowest BCUT2D eigenvalue weighted by molar-refractivity contribution is 0.0515. The van der Waals surface area contributed by atoms with Crippen LogP contribution in [0.2, 0.25) is 0 Å². The average molecular weight is 225 g/mol. The highest BCUT2D eigenvalue weighted by Crippen LogP contribution is 2.22. The minimum absolute atomic E-state index is 0.0445. The van der Waals surface area contributed by atoms with Crippen LogP contribution in [-0.2, 0) is 4.74 Å². The van der Waals surface area contributed by atoms with Gasteiger partial charge >= 0.3 is 5.97 Å². The maximum absolute atomic E-state index is 13.7. The number of H-pyrrole nitrogens is 1. The Bertz CT molecular complexity index is 548. The molecule has 0 radical (unpaired) electrons. The van der Waals surface area contributed by atoms with E-state index in [1.807, 2.05) is 0 Å². The van der Waals surface area contributed by atoms with Crippen LogP contribution in [0.15, 0.2) is 18.2 Å². The molecular weight excluding hydrogens is 216 g/mol. The van der Waals surface area contributed by atoms with E-state index in [9.17, 15) is 13.6 Å². The van der Waals surface area contributed by atoms with Gasteiger partial charge in [0.1, 0.15) is 5.82 Å². The van der Waals surface area contributed by atoms with E-state index in [1.165, 1.54) is 12.1 Å². The molecule has 2 aromatic rings. The van der Waals surface area contributed by atoms with Gasteiger partial charge in [-0.15, -0.1) is 0 Å². The second kappa shape index (κ2) is 3.92. The lowest BCUT2D eigenvalue weighted by atomic mass is 10.2. The second-order valence-electron chi connectivity index (χ2n) is 3.22. The summed E-state index contributed by atoms with van der Waals surface area (Å²) in [4.78, 5) is 13.9. The first-order valence-corrected chi connectivity index (χ1v) is 4.77. The molecule has 0 bridgehead atoms. The van der Waals surface area contributed by atoms with E-state index in [4.69, 9.17) is 0 Å². The van der Waals surface area contributed by atoms with Crippen LogP contribution in [-0.4, -0.2) is 17.6 Å². The van der Waals surface area contributed by atoms with Crippen LogP contribution in [0.25, 0.3) is 10.9 Å². The number of halogens is 2. The topological polar surface area (TPSA) is 42.1 Å². The Kier molecular flexibility index (Phi) is 2.60. The molecule has 0 aliphatic rings. The summed E-state index contributed by atoms with van der Waals surface area (Å²) in [6.07, 6.45) is 0. The summed E-state index contributed by atoms with van der Waals surface area (Å²) in [7, 11) is 0. The number of ether oxygens (including phenoxy) is 1. The van der Waals surface area contributed by atoms with Crippen molar-refractivity contribution in [3.63, 3.8) is 0 Å². The monoisotopic (exact) mass is 225 g/mol. The first-order chi connectivity index (χ1) is 7.63. The fourth-order valence-electron chi connectivity index (χ4n) is 1.48. The molecule has 0 saturated carbocycles. The maximum atomic E-state index is 13.7. The van der Waals surface area contributed by atoms with Crippen molar-refractivity contribution in [2.75, 3.05) is 6.61 Å². The molecule has 0 spiro atoms. The van der Waals surface area contributed by atoms with E-state index in [2.05, 4.69) is 9.72 Å². The number of carbonyl (C=O) groups excluding carboxylic acids is 1. The predicted octanol–water partition coefficient (Wildman–Crippen LogP) is 2.62. The molecule has 16 heavy (non-hydrogen) atoms. The lowest BCUT2D eigenvalue weighted by Gasteiger charge is -1.97. The Balaban J connectivity index is 2.56. The number of hydrogen-bond donors (Lipinski definition) is 1. The minimum Gasteiger partial charge on any atom is -0.461 e. The first-order valence-electron chi connectivity index (χ1n) is 4.77. The molecular formula is C11H9F2NO2. The Labute approximate surface area is 90.0 Å². The van der Waals surface area contributed by atoms with E-state index >= 15 is 0 Å². The Morgan fingerprint density at radius 1 is 1.44 bits per heavy atom. The predicted molar refractivity (Wildman–Crippen MR) is 54.2 cm³/mol. The van der Waals surface area contributed by atoms with E-state index in [1.54, 1.807) is 6.92 Å². The Morgan fingerprint density at radius 3 is 2.88 bits per heavy atom. The van der Waals surface area contributed by atoms with Crippen molar-refractivity contribution in [2.24, 2.45) is 0 Å². The number of nitrogens with one attached hydrogen (secondary N) is 1. The summed E-state index contributed by atoms with van der Waals surface area (Å²) < 4.78 is 31.2. The lowest BCUT2D eigenvalue weighted by Crippen LogP contribution is -2.06. The van der Waals surface area contributed by atoms with Crippen LogP contribution < -0.4 is 0 Å². The number of carbonyl (C=O) groups is 1. The fraction of sp³-hybridized carbons (Fsp3) is 0.182. The van der Waals surface area contributed by atoms with Crippen LogP contribution >= 0.6 is 0 Å². The minimum atomic E-state index is -0.784. The summed E-state index contributed by atoms with van der Waals surface area (Å²) in [6, 6.07) is 3.59. The van der Waals surface area contributed by atoms with Crippen LogP contribution in [0.1, 0.15) is 17.4 Å². The standard InChI is InChI=1S/C11H9F2NO2/c1-2-16-11(15)10-9(13)7-5-6(12)3-4-8(7)14-10/h3-5,14H,2H2,1H3. The smallest absolute Gasteiger partial charge is 0.357 e. The molecule has 0 unspecified atom stereocenters. The zero-order chi connectivity index (χ0) is 11.7. The third-order valence-electron chi connectivity index (χ3n) is 2.18. The summed E-state index contributed by atoms with van der Waals surface area (Å²) in [5, 5.41) is 0.0445. The molecule has 1 N–H and O–H groups in total. The molecule has 1 aromatic carbocycles. The van der Waals surface area contributed by atoms with Gasteiger partial charge in [-0.25, -0.2) is 13.6 Å². The molecule has 0 amide bonds. The summed E-state index contributed by atoms with van der Waals surface area (Å²) in [6.45, 7) is 1.78. The van der Waals surface area contributed by atoms with Crippen molar-refractivity contribution in [1.82, 2.24) is 4.98 Å². The SMILES string of the molecule is CCOC(=O)c1[nH]c2ccc(F)cc2c1F. The van der Waals surface area contributed by atoms with Gasteiger partial charge in [0.15, 0.2) is 11.5 Å². The molecule has 0 saturated heterocycles. The Hall–Kier alpha value is -1.91. The summed E-state index contributed by atoms with van der Waals surface area (Å²) in [5.74, 6) is -2.12. The molecule has 0 aliphatic heterocycles. The van der Waals surface area contributed by atoms with E-state index < -0.39 is 17.6 Å². The number of rotatable bonds is 2. The molecule has 84 valence electrons. The number of fused-ring (bicyclic) bond motifs is 1. The average Bonchev–Trinajstić information content (AvgIpc) is 2.57. The number of benzene rings is 1. The third-order valence-corrected chi connectivity index (χ3v) is 2.18. The van der Waals surface area contributed by atoms with Gasteiger partial charge in [-0.2, -0.15) is 0 Å². The van der Waals surface area contributed by atoms with Crippen molar-refractivity contribution < 1.29 is 18.3 Å². The molecule has 0 fully saturated rings. The normalized spacial score (nSPS) is 10.7. The molecule has 5 heteroatoms. The molecule has 1 aromatic heterocycles. The van der Waals surface area contributed by atoms with Gasteiger partial charge in [-0.05, 0) is 25.1 Å². The van der Waals surface area contributed by atoms with Crippen LogP contribution in [0.3, 0.4) is 0 Å². The number of aromatic amines is 1. The third kappa shape index (κ3) is 1.64. The van der Waals surface area contributed by atoms with Gasteiger partial charge in [0.2, 0.25) is 0 Å². The van der Waals surface area contributed by atoms with Crippen molar-refractivity contribution in [2.45, 2.75) is 6.92 Å². The van der Waals surface area contributed by atoms with Crippen LogP contribution in [0, 0.1) is 11.6 Å². The van der Waals surface area contributed by atoms with E-state index in [0.717, 1.165) is 6.07 Å². The van der Waals surface area contributed by atoms with E-state index in [-0.39, 0.29) is 17.7 Å². The van der Waals surface area contributed by atoms with Gasteiger partial charge in [-0.1, -0.05) is 0 Å². The molecule has 1 heterocycles. The van der Waals surface area contributed by atoms with Gasteiger partial charge < -0.3 is 9.72 Å². The quantitative estimate of drug-likeness (QED) is 0.798. The Morgan fingerprint density at radius 2 is 2.19 bits per heavy atom. The van der Waals surface area contributed by atoms with E-state index in [0.29, 0.717) is 5.52 Å². The van der Waals surface area contributed by atoms with Crippen LogP contribution in [0.4, 0.5) is 8.78 Å². The molecule has 3 nitrogen and oxygen atoms in total. The highest BCUT2D eigenvalue weighted by atomic mass is 19.1. The highest BCUT2D eigenvalue weighted by Gasteiger charge is 2.18. The summed E-state index contributed by atoms with van der Waals surface area (Å²) >= 11 is 0. The number of hydrogen-bond acceptors (Lipinski definition) is 2. The maximum Gasteiger partial charge on any atom is 0.357 e. The van der Waals surface area contributed by atoms with Crippen LogP contribution in [0.5, 0.6) is 0 Å². The van der Waals surface area contributed by atoms with Crippen molar-refractivity contribution in [1.29, 1.82) is 0 Å². The first kappa shape index (κ1) is 10.6. The molecule has 0 aliphatic carbocycles. The zero-order valence-corrected chi connectivity index (χ0v) is 8.51.